The van der Waals surface area contributed by atoms with Crippen LogP contribution in [0.25, 0.3) is 0 Å². The zero-order valence-corrected chi connectivity index (χ0v) is 15.3. The van der Waals surface area contributed by atoms with Crippen molar-refractivity contribution in [2.75, 3.05) is 5.75 Å². The Labute approximate surface area is 141 Å². The summed E-state index contributed by atoms with van der Waals surface area (Å²) in [6.07, 6.45) is 11.8. The fourth-order valence-electron chi connectivity index (χ4n) is 2.72. The highest BCUT2D eigenvalue weighted by atomic mass is 32.2. The van der Waals surface area contributed by atoms with Gasteiger partial charge in [-0.05, 0) is 31.4 Å². The number of thioether (sulfide) groups is 1. The van der Waals surface area contributed by atoms with E-state index in [-0.39, 0.29) is 6.10 Å². The monoisotopic (exact) mass is 322 g/mol. The summed E-state index contributed by atoms with van der Waals surface area (Å²) in [5.41, 5.74) is 0. The van der Waals surface area contributed by atoms with E-state index in [1.807, 2.05) is 18.7 Å². The molecule has 0 amide bonds. The van der Waals surface area contributed by atoms with Crippen molar-refractivity contribution < 1.29 is 5.11 Å². The molecule has 2 atom stereocenters. The van der Waals surface area contributed by atoms with E-state index < -0.39 is 0 Å². The molecule has 0 spiro atoms. The van der Waals surface area contributed by atoms with Crippen molar-refractivity contribution in [2.24, 2.45) is 5.92 Å². The Balaban J connectivity index is 2.11. The molecule has 0 bridgehead atoms. The highest BCUT2D eigenvalue weighted by molar-refractivity contribution is 7.99. The number of rotatable bonds is 13. The van der Waals surface area contributed by atoms with Gasteiger partial charge in [-0.25, -0.2) is 0 Å². The lowest BCUT2D eigenvalue weighted by Crippen LogP contribution is -2.19. The Morgan fingerprint density at radius 2 is 1.50 bits per heavy atom. The van der Waals surface area contributed by atoms with Crippen LogP contribution in [0.4, 0.5) is 0 Å². The standard InChI is InChI=1S/C20H34OS/c1-3-4-5-6-7-8-9-11-14-19(18(2)21)17-22-20-15-12-10-13-16-20/h10,12-13,15-16,18-19,21H,3-9,11,14,17H2,1-2H3/t18-,19+/m0/s1. The van der Waals surface area contributed by atoms with E-state index >= 15 is 0 Å². The van der Waals surface area contributed by atoms with E-state index in [2.05, 4.69) is 37.3 Å². The molecule has 0 saturated heterocycles. The summed E-state index contributed by atoms with van der Waals surface area (Å²) in [6, 6.07) is 10.5. The zero-order valence-electron chi connectivity index (χ0n) is 14.5. The third-order valence-electron chi connectivity index (χ3n) is 4.32. The van der Waals surface area contributed by atoms with Gasteiger partial charge in [0, 0.05) is 10.6 Å². The van der Waals surface area contributed by atoms with Gasteiger partial charge in [0.05, 0.1) is 6.10 Å². The third-order valence-corrected chi connectivity index (χ3v) is 5.52. The fourth-order valence-corrected chi connectivity index (χ4v) is 3.93. The van der Waals surface area contributed by atoms with E-state index in [4.69, 9.17) is 0 Å². The van der Waals surface area contributed by atoms with Crippen LogP contribution < -0.4 is 0 Å². The van der Waals surface area contributed by atoms with Gasteiger partial charge in [0.1, 0.15) is 0 Å². The van der Waals surface area contributed by atoms with Gasteiger partial charge in [-0.15, -0.1) is 11.8 Å². The molecule has 0 aliphatic rings. The van der Waals surface area contributed by atoms with Crippen LogP contribution >= 0.6 is 11.8 Å². The average molecular weight is 323 g/mol. The minimum absolute atomic E-state index is 0.194. The van der Waals surface area contributed by atoms with Crippen LogP contribution in [0.3, 0.4) is 0 Å². The van der Waals surface area contributed by atoms with E-state index in [0.29, 0.717) is 5.92 Å². The molecule has 1 aromatic carbocycles. The minimum Gasteiger partial charge on any atom is -0.393 e. The molecule has 0 unspecified atom stereocenters. The Bertz CT molecular complexity index is 350. The molecule has 0 saturated carbocycles. The molecular formula is C20H34OS. The van der Waals surface area contributed by atoms with Crippen molar-refractivity contribution in [2.45, 2.75) is 82.6 Å². The topological polar surface area (TPSA) is 20.2 Å². The van der Waals surface area contributed by atoms with Gasteiger partial charge in [-0.2, -0.15) is 0 Å². The summed E-state index contributed by atoms with van der Waals surface area (Å²) >= 11 is 1.87. The van der Waals surface area contributed by atoms with Gasteiger partial charge in [0.2, 0.25) is 0 Å². The van der Waals surface area contributed by atoms with E-state index in [1.165, 1.54) is 56.3 Å². The van der Waals surface area contributed by atoms with Crippen LogP contribution in [0.2, 0.25) is 0 Å². The number of aliphatic hydroxyl groups excluding tert-OH is 1. The lowest BCUT2D eigenvalue weighted by atomic mass is 9.97. The molecule has 1 N–H and O–H groups in total. The molecule has 0 heterocycles. The normalized spacial score (nSPS) is 14.0. The van der Waals surface area contributed by atoms with Crippen LogP contribution in [0.15, 0.2) is 35.2 Å². The van der Waals surface area contributed by atoms with Crippen molar-refractivity contribution in [1.29, 1.82) is 0 Å². The second kappa shape index (κ2) is 13.0. The number of aliphatic hydroxyl groups is 1. The smallest absolute Gasteiger partial charge is 0.0548 e. The van der Waals surface area contributed by atoms with E-state index in [9.17, 15) is 5.11 Å². The maximum atomic E-state index is 9.98. The minimum atomic E-state index is -0.194. The van der Waals surface area contributed by atoms with Crippen LogP contribution in [0.5, 0.6) is 0 Å². The Hall–Kier alpha value is -0.470. The predicted octanol–water partition coefficient (Wildman–Crippen LogP) is 6.31. The molecular weight excluding hydrogens is 288 g/mol. The summed E-state index contributed by atoms with van der Waals surface area (Å²) in [4.78, 5) is 1.31. The Morgan fingerprint density at radius 3 is 2.09 bits per heavy atom. The highest BCUT2D eigenvalue weighted by Gasteiger charge is 2.14. The molecule has 126 valence electrons. The second-order valence-corrected chi connectivity index (χ2v) is 7.48. The number of hydrogen-bond donors (Lipinski definition) is 1. The molecule has 1 rings (SSSR count). The average Bonchev–Trinajstić information content (AvgIpc) is 2.53. The lowest BCUT2D eigenvalue weighted by molar-refractivity contribution is 0.130. The van der Waals surface area contributed by atoms with Crippen molar-refractivity contribution in [1.82, 2.24) is 0 Å². The second-order valence-electron chi connectivity index (χ2n) is 6.39. The predicted molar refractivity (Wildman–Crippen MR) is 99.6 cm³/mol. The van der Waals surface area contributed by atoms with Crippen LogP contribution in [0.1, 0.15) is 71.6 Å². The molecule has 22 heavy (non-hydrogen) atoms. The first-order valence-electron chi connectivity index (χ1n) is 9.10. The number of hydrogen-bond acceptors (Lipinski definition) is 2. The molecule has 0 aliphatic heterocycles. The SMILES string of the molecule is CCCCCCCCCC[C@H](CSc1ccccc1)[C@H](C)O. The van der Waals surface area contributed by atoms with E-state index in [0.717, 1.165) is 12.2 Å². The Morgan fingerprint density at radius 1 is 0.909 bits per heavy atom. The first kappa shape index (κ1) is 19.6. The number of unbranched alkanes of at least 4 members (excludes halogenated alkanes) is 7. The van der Waals surface area contributed by atoms with Crippen molar-refractivity contribution in [3.05, 3.63) is 30.3 Å². The molecule has 0 radical (unpaired) electrons. The molecule has 2 heteroatoms. The summed E-state index contributed by atoms with van der Waals surface area (Å²) in [5, 5.41) is 9.98. The molecule has 1 aromatic rings. The summed E-state index contributed by atoms with van der Waals surface area (Å²) < 4.78 is 0. The van der Waals surface area contributed by atoms with Gasteiger partial charge in [-0.3, -0.25) is 0 Å². The van der Waals surface area contributed by atoms with Gasteiger partial charge in [0.15, 0.2) is 0 Å². The molecule has 0 fully saturated rings. The lowest BCUT2D eigenvalue weighted by Gasteiger charge is -2.19. The maximum absolute atomic E-state index is 9.98. The van der Waals surface area contributed by atoms with Gasteiger partial charge in [-0.1, -0.05) is 76.5 Å². The first-order chi connectivity index (χ1) is 10.7. The third kappa shape index (κ3) is 9.53. The molecule has 0 aromatic heterocycles. The van der Waals surface area contributed by atoms with Crippen LogP contribution in [-0.2, 0) is 0 Å². The van der Waals surface area contributed by atoms with Crippen molar-refractivity contribution >= 4 is 11.8 Å². The number of benzene rings is 1. The van der Waals surface area contributed by atoms with Crippen molar-refractivity contribution in [3.63, 3.8) is 0 Å². The van der Waals surface area contributed by atoms with E-state index in [1.54, 1.807) is 0 Å². The molecule has 0 aliphatic carbocycles. The van der Waals surface area contributed by atoms with Gasteiger partial charge < -0.3 is 5.11 Å². The Kier molecular flexibility index (Phi) is 11.6. The fraction of sp³-hybridized carbons (Fsp3) is 0.700. The summed E-state index contributed by atoms with van der Waals surface area (Å²) in [7, 11) is 0. The summed E-state index contributed by atoms with van der Waals surface area (Å²) in [6.45, 7) is 4.21. The summed E-state index contributed by atoms with van der Waals surface area (Å²) in [5.74, 6) is 1.45. The van der Waals surface area contributed by atoms with Crippen molar-refractivity contribution in [3.8, 4) is 0 Å². The maximum Gasteiger partial charge on any atom is 0.0548 e. The first-order valence-corrected chi connectivity index (χ1v) is 10.1. The zero-order chi connectivity index (χ0) is 16.0. The van der Waals surface area contributed by atoms with Gasteiger partial charge >= 0.3 is 0 Å². The largest absolute Gasteiger partial charge is 0.393 e. The quantitative estimate of drug-likeness (QED) is 0.339. The highest BCUT2D eigenvalue weighted by Crippen LogP contribution is 2.25. The van der Waals surface area contributed by atoms with Crippen LogP contribution in [0, 0.1) is 5.92 Å². The molecule has 1 nitrogen and oxygen atoms in total. The van der Waals surface area contributed by atoms with Gasteiger partial charge in [0.25, 0.3) is 0 Å². The van der Waals surface area contributed by atoms with Crippen LogP contribution in [-0.4, -0.2) is 17.0 Å².